The van der Waals surface area contributed by atoms with Gasteiger partial charge in [0.2, 0.25) is 0 Å². The van der Waals surface area contributed by atoms with E-state index >= 15 is 0 Å². The van der Waals surface area contributed by atoms with Gasteiger partial charge >= 0.3 is 0 Å². The Hall–Kier alpha value is -1.34. The molecule has 0 N–H and O–H groups in total. The third kappa shape index (κ3) is 1.74. The zero-order valence-corrected chi connectivity index (χ0v) is 12.2. The summed E-state index contributed by atoms with van der Waals surface area (Å²) in [7, 11) is 0. The van der Waals surface area contributed by atoms with Gasteiger partial charge in [0.1, 0.15) is 0 Å². The summed E-state index contributed by atoms with van der Waals surface area (Å²) in [6, 6.07) is 13.0. The first kappa shape index (κ1) is 11.7. The van der Waals surface area contributed by atoms with Gasteiger partial charge in [0.25, 0.3) is 0 Å². The number of rotatable bonds is 1. The zero-order chi connectivity index (χ0) is 12.7. The molecule has 0 saturated heterocycles. The van der Waals surface area contributed by atoms with E-state index in [9.17, 15) is 0 Å². The molecule has 1 unspecified atom stereocenters. The SMILES string of the molecule is Cc1ccccc1C1C=Cc2c(Br)ccc(C)c21. The van der Waals surface area contributed by atoms with Crippen LogP contribution in [0.25, 0.3) is 6.08 Å². The lowest BCUT2D eigenvalue weighted by Crippen LogP contribution is -2.01. The van der Waals surface area contributed by atoms with Gasteiger partial charge in [-0.2, -0.15) is 0 Å². The molecular weight excluding hydrogens is 284 g/mol. The number of hydrogen-bond donors (Lipinski definition) is 0. The second-order valence-corrected chi connectivity index (χ2v) is 5.74. The average molecular weight is 299 g/mol. The van der Waals surface area contributed by atoms with Crippen LogP contribution in [0, 0.1) is 13.8 Å². The Bertz CT molecular complexity index is 638. The molecule has 1 aliphatic carbocycles. The lowest BCUT2D eigenvalue weighted by molar-refractivity contribution is 1.01. The minimum atomic E-state index is 0.402. The van der Waals surface area contributed by atoms with E-state index in [1.54, 1.807) is 0 Å². The summed E-state index contributed by atoms with van der Waals surface area (Å²) in [5, 5.41) is 0. The number of allylic oxidation sites excluding steroid dienone is 1. The van der Waals surface area contributed by atoms with Crippen LogP contribution in [0.2, 0.25) is 0 Å². The number of halogens is 1. The summed E-state index contributed by atoms with van der Waals surface area (Å²) in [4.78, 5) is 0. The molecule has 0 heterocycles. The molecule has 0 aromatic heterocycles. The van der Waals surface area contributed by atoms with E-state index in [4.69, 9.17) is 0 Å². The van der Waals surface area contributed by atoms with Crippen LogP contribution < -0.4 is 0 Å². The molecule has 0 fully saturated rings. The molecule has 0 aliphatic heterocycles. The minimum absolute atomic E-state index is 0.402. The summed E-state index contributed by atoms with van der Waals surface area (Å²) in [5.74, 6) is 0.402. The summed E-state index contributed by atoms with van der Waals surface area (Å²) < 4.78 is 1.19. The van der Waals surface area contributed by atoms with Crippen molar-refractivity contribution in [1.29, 1.82) is 0 Å². The van der Waals surface area contributed by atoms with Crippen molar-refractivity contribution < 1.29 is 0 Å². The van der Waals surface area contributed by atoms with E-state index < -0.39 is 0 Å². The van der Waals surface area contributed by atoms with Crippen molar-refractivity contribution in [2.24, 2.45) is 0 Å². The fourth-order valence-electron chi connectivity index (χ4n) is 2.78. The fourth-order valence-corrected chi connectivity index (χ4v) is 3.26. The van der Waals surface area contributed by atoms with Crippen molar-refractivity contribution in [2.75, 3.05) is 0 Å². The number of fused-ring (bicyclic) bond motifs is 1. The van der Waals surface area contributed by atoms with E-state index in [0.717, 1.165) is 0 Å². The predicted octanol–water partition coefficient (Wildman–Crippen LogP) is 5.22. The van der Waals surface area contributed by atoms with Crippen LogP contribution in [0.15, 0.2) is 46.9 Å². The van der Waals surface area contributed by atoms with Crippen LogP contribution in [-0.4, -0.2) is 0 Å². The molecule has 1 atom stereocenters. The van der Waals surface area contributed by atoms with E-state index in [1.807, 2.05) is 0 Å². The van der Waals surface area contributed by atoms with E-state index in [1.165, 1.54) is 32.3 Å². The van der Waals surface area contributed by atoms with Gasteiger partial charge in [-0.3, -0.25) is 0 Å². The molecular formula is C17H15Br. The van der Waals surface area contributed by atoms with Crippen molar-refractivity contribution in [2.45, 2.75) is 19.8 Å². The second-order valence-electron chi connectivity index (χ2n) is 4.89. The second kappa shape index (κ2) is 4.40. The highest BCUT2D eigenvalue weighted by Crippen LogP contribution is 2.41. The van der Waals surface area contributed by atoms with Gasteiger partial charge in [0.15, 0.2) is 0 Å². The largest absolute Gasteiger partial charge is 0.0720 e. The fraction of sp³-hybridized carbons (Fsp3) is 0.176. The van der Waals surface area contributed by atoms with Crippen LogP contribution in [0.5, 0.6) is 0 Å². The van der Waals surface area contributed by atoms with Gasteiger partial charge in [-0.1, -0.05) is 58.4 Å². The maximum atomic E-state index is 3.65. The molecule has 1 aliphatic rings. The Kier molecular flexibility index (Phi) is 2.87. The topological polar surface area (TPSA) is 0 Å². The first-order valence-corrected chi connectivity index (χ1v) is 7.00. The minimum Gasteiger partial charge on any atom is -0.0720 e. The molecule has 0 radical (unpaired) electrons. The summed E-state index contributed by atoms with van der Waals surface area (Å²) in [5.41, 5.74) is 6.92. The van der Waals surface area contributed by atoms with Gasteiger partial charge in [0, 0.05) is 10.4 Å². The molecule has 0 amide bonds. The quantitative estimate of drug-likeness (QED) is 0.677. The highest BCUT2D eigenvalue weighted by molar-refractivity contribution is 9.10. The lowest BCUT2D eigenvalue weighted by atomic mass is 9.88. The molecule has 0 bridgehead atoms. The predicted molar refractivity (Wildman–Crippen MR) is 80.9 cm³/mol. The maximum Gasteiger partial charge on any atom is 0.0284 e. The van der Waals surface area contributed by atoms with Crippen LogP contribution in [0.1, 0.15) is 33.7 Å². The molecule has 1 heteroatoms. The van der Waals surface area contributed by atoms with E-state index in [0.29, 0.717) is 5.92 Å². The summed E-state index contributed by atoms with van der Waals surface area (Å²) >= 11 is 3.65. The Balaban J connectivity index is 2.19. The number of benzene rings is 2. The van der Waals surface area contributed by atoms with Crippen molar-refractivity contribution in [3.63, 3.8) is 0 Å². The normalized spacial score (nSPS) is 16.9. The first-order chi connectivity index (χ1) is 8.68. The molecule has 2 aromatic rings. The highest BCUT2D eigenvalue weighted by atomic mass is 79.9. The third-order valence-corrected chi connectivity index (χ3v) is 4.43. The monoisotopic (exact) mass is 298 g/mol. The maximum absolute atomic E-state index is 3.65. The highest BCUT2D eigenvalue weighted by Gasteiger charge is 2.23. The van der Waals surface area contributed by atoms with Crippen molar-refractivity contribution >= 4 is 22.0 Å². The average Bonchev–Trinajstić information content (AvgIpc) is 2.80. The molecule has 18 heavy (non-hydrogen) atoms. The van der Waals surface area contributed by atoms with Gasteiger partial charge in [0.05, 0.1) is 0 Å². The zero-order valence-electron chi connectivity index (χ0n) is 10.6. The molecule has 0 spiro atoms. The molecule has 0 saturated carbocycles. The Labute approximate surface area is 116 Å². The van der Waals surface area contributed by atoms with Gasteiger partial charge in [-0.15, -0.1) is 0 Å². The Morgan fingerprint density at radius 1 is 0.944 bits per heavy atom. The van der Waals surface area contributed by atoms with E-state index in [-0.39, 0.29) is 0 Å². The lowest BCUT2D eigenvalue weighted by Gasteiger charge is -2.17. The van der Waals surface area contributed by atoms with Crippen LogP contribution in [0.4, 0.5) is 0 Å². The number of aryl methyl sites for hydroxylation is 2. The number of hydrogen-bond acceptors (Lipinski definition) is 0. The Morgan fingerprint density at radius 2 is 1.72 bits per heavy atom. The summed E-state index contributed by atoms with van der Waals surface area (Å²) in [6.07, 6.45) is 4.55. The molecule has 3 rings (SSSR count). The van der Waals surface area contributed by atoms with Crippen molar-refractivity contribution in [3.8, 4) is 0 Å². The molecule has 0 nitrogen and oxygen atoms in total. The standard InChI is InChI=1S/C17H15Br/c1-11-5-3-4-6-13(11)14-8-9-15-16(18)10-7-12(2)17(14)15/h3-10,14H,1-2H3. The molecule has 2 aromatic carbocycles. The molecule has 90 valence electrons. The smallest absolute Gasteiger partial charge is 0.0284 e. The van der Waals surface area contributed by atoms with Gasteiger partial charge in [-0.25, -0.2) is 0 Å². The first-order valence-electron chi connectivity index (χ1n) is 6.21. The summed E-state index contributed by atoms with van der Waals surface area (Å²) in [6.45, 7) is 4.39. The van der Waals surface area contributed by atoms with Crippen LogP contribution in [-0.2, 0) is 0 Å². The van der Waals surface area contributed by atoms with E-state index in [2.05, 4.69) is 78.3 Å². The van der Waals surface area contributed by atoms with Gasteiger partial charge in [-0.05, 0) is 47.7 Å². The van der Waals surface area contributed by atoms with Crippen LogP contribution in [0.3, 0.4) is 0 Å². The Morgan fingerprint density at radius 3 is 2.50 bits per heavy atom. The van der Waals surface area contributed by atoms with Crippen molar-refractivity contribution in [1.82, 2.24) is 0 Å². The van der Waals surface area contributed by atoms with Crippen LogP contribution >= 0.6 is 15.9 Å². The van der Waals surface area contributed by atoms with Gasteiger partial charge < -0.3 is 0 Å². The third-order valence-electron chi connectivity index (χ3n) is 3.74. The van der Waals surface area contributed by atoms with Crippen molar-refractivity contribution in [3.05, 3.63) is 74.8 Å².